The predicted octanol–water partition coefficient (Wildman–Crippen LogP) is -0.764. The smallest absolute Gasteiger partial charge is 0.348 e. The molecule has 1 N–H and O–H groups in total. The Morgan fingerprint density at radius 3 is 2.86 bits per heavy atom. The number of nitro groups is 1. The van der Waals surface area contributed by atoms with E-state index >= 15 is 0 Å². The van der Waals surface area contributed by atoms with Crippen molar-refractivity contribution in [1.29, 1.82) is 0 Å². The summed E-state index contributed by atoms with van der Waals surface area (Å²) >= 11 is 0. The van der Waals surface area contributed by atoms with Crippen molar-refractivity contribution in [2.75, 3.05) is 0 Å². The van der Waals surface area contributed by atoms with Gasteiger partial charge in [-0.3, -0.25) is 19.5 Å². The molecule has 0 saturated heterocycles. The summed E-state index contributed by atoms with van der Waals surface area (Å²) in [4.78, 5) is 33.8. The highest BCUT2D eigenvalue weighted by atomic mass is 16.6. The van der Waals surface area contributed by atoms with E-state index in [1.54, 1.807) is 0 Å². The zero-order chi connectivity index (χ0) is 10.7. The Balaban J connectivity index is 3.15. The van der Waals surface area contributed by atoms with E-state index in [1.807, 2.05) is 0 Å². The van der Waals surface area contributed by atoms with Gasteiger partial charge in [-0.25, -0.2) is 4.79 Å². The van der Waals surface area contributed by atoms with Crippen molar-refractivity contribution in [3.05, 3.63) is 33.0 Å². The number of aromatic nitrogens is 2. The van der Waals surface area contributed by atoms with E-state index in [0.717, 1.165) is 12.4 Å². The van der Waals surface area contributed by atoms with E-state index in [0.29, 0.717) is 4.57 Å². The number of carbonyl (C=O) groups is 1. The molecule has 0 saturated carbocycles. The maximum Gasteiger partial charge on any atom is 0.348 e. The standard InChI is InChI=1S/C6H5N3O5/c10-5(11)3-8-2-4(9(13)14)1-7-6(8)12/h1-2H,3H2,(H,10,11). The molecule has 0 spiro atoms. The summed E-state index contributed by atoms with van der Waals surface area (Å²) in [6, 6.07) is 0. The topological polar surface area (TPSA) is 115 Å². The van der Waals surface area contributed by atoms with Gasteiger partial charge in [0.25, 0.3) is 0 Å². The van der Waals surface area contributed by atoms with Crippen LogP contribution in [0, 0.1) is 10.1 Å². The lowest BCUT2D eigenvalue weighted by Crippen LogP contribution is -2.25. The van der Waals surface area contributed by atoms with Crippen LogP contribution in [-0.2, 0) is 11.3 Å². The highest BCUT2D eigenvalue weighted by molar-refractivity contribution is 5.66. The van der Waals surface area contributed by atoms with Gasteiger partial charge in [0.05, 0.1) is 11.1 Å². The average molecular weight is 199 g/mol. The van der Waals surface area contributed by atoms with Crippen LogP contribution in [0.2, 0.25) is 0 Å². The monoisotopic (exact) mass is 199 g/mol. The molecule has 0 aromatic carbocycles. The van der Waals surface area contributed by atoms with Gasteiger partial charge in [0.15, 0.2) is 0 Å². The molecule has 1 aromatic heterocycles. The van der Waals surface area contributed by atoms with Crippen molar-refractivity contribution in [1.82, 2.24) is 9.55 Å². The summed E-state index contributed by atoms with van der Waals surface area (Å²) in [6.45, 7) is -0.645. The first-order valence-electron chi connectivity index (χ1n) is 3.43. The van der Waals surface area contributed by atoms with Crippen molar-refractivity contribution in [3.63, 3.8) is 0 Å². The summed E-state index contributed by atoms with van der Waals surface area (Å²) in [5, 5.41) is 18.6. The molecule has 0 radical (unpaired) electrons. The van der Waals surface area contributed by atoms with Gasteiger partial charge < -0.3 is 5.11 Å². The van der Waals surface area contributed by atoms with Gasteiger partial charge in [0.1, 0.15) is 12.7 Å². The molecule has 0 atom stereocenters. The van der Waals surface area contributed by atoms with Crippen LogP contribution in [-0.4, -0.2) is 25.6 Å². The minimum atomic E-state index is -1.27. The van der Waals surface area contributed by atoms with E-state index in [2.05, 4.69) is 4.98 Å². The van der Waals surface area contributed by atoms with Crippen molar-refractivity contribution in [3.8, 4) is 0 Å². The van der Waals surface area contributed by atoms with Crippen LogP contribution in [0.15, 0.2) is 17.2 Å². The molecule has 14 heavy (non-hydrogen) atoms. The van der Waals surface area contributed by atoms with Crippen molar-refractivity contribution < 1.29 is 14.8 Å². The number of carboxylic acid groups (broad SMARTS) is 1. The van der Waals surface area contributed by atoms with Crippen LogP contribution < -0.4 is 5.69 Å². The van der Waals surface area contributed by atoms with Gasteiger partial charge in [0.2, 0.25) is 0 Å². The molecule has 0 aliphatic heterocycles. The molecule has 8 nitrogen and oxygen atoms in total. The zero-order valence-electron chi connectivity index (χ0n) is 6.78. The molecule has 0 fully saturated rings. The molecular formula is C6H5N3O5. The minimum absolute atomic E-state index is 0.425. The Morgan fingerprint density at radius 2 is 2.36 bits per heavy atom. The van der Waals surface area contributed by atoms with Crippen molar-refractivity contribution >= 4 is 11.7 Å². The lowest BCUT2D eigenvalue weighted by molar-refractivity contribution is -0.385. The van der Waals surface area contributed by atoms with E-state index < -0.39 is 28.8 Å². The number of rotatable bonds is 3. The first kappa shape index (κ1) is 9.84. The number of hydrogen-bond donors (Lipinski definition) is 1. The van der Waals surface area contributed by atoms with Crippen LogP contribution in [0.5, 0.6) is 0 Å². The number of aliphatic carboxylic acids is 1. The quantitative estimate of drug-likeness (QED) is 0.505. The summed E-state index contributed by atoms with van der Waals surface area (Å²) in [5.74, 6) is -1.27. The molecule has 0 aliphatic carbocycles. The molecule has 1 heterocycles. The van der Waals surface area contributed by atoms with Gasteiger partial charge in [-0.05, 0) is 0 Å². The first-order valence-corrected chi connectivity index (χ1v) is 3.43. The molecular weight excluding hydrogens is 194 g/mol. The third-order valence-electron chi connectivity index (χ3n) is 1.36. The molecule has 1 rings (SSSR count). The average Bonchev–Trinajstić information content (AvgIpc) is 2.07. The highest BCUT2D eigenvalue weighted by Crippen LogP contribution is 2.04. The second-order valence-corrected chi connectivity index (χ2v) is 2.37. The normalized spacial score (nSPS) is 9.71. The molecule has 1 aromatic rings. The maximum absolute atomic E-state index is 10.9. The Bertz CT molecular complexity index is 437. The van der Waals surface area contributed by atoms with Crippen LogP contribution in [0.25, 0.3) is 0 Å². The molecule has 8 heteroatoms. The third kappa shape index (κ3) is 2.12. The van der Waals surface area contributed by atoms with Crippen molar-refractivity contribution in [2.45, 2.75) is 6.54 Å². The second kappa shape index (κ2) is 3.64. The largest absolute Gasteiger partial charge is 0.480 e. The van der Waals surface area contributed by atoms with Crippen molar-refractivity contribution in [2.24, 2.45) is 0 Å². The molecule has 74 valence electrons. The fourth-order valence-electron chi connectivity index (χ4n) is 0.797. The number of carboxylic acids is 1. The Hall–Kier alpha value is -2.25. The predicted molar refractivity (Wildman–Crippen MR) is 42.8 cm³/mol. The Morgan fingerprint density at radius 1 is 1.71 bits per heavy atom. The maximum atomic E-state index is 10.9. The summed E-state index contributed by atoms with van der Waals surface area (Å²) < 4.78 is 0.653. The van der Waals surface area contributed by atoms with Crippen LogP contribution in [0.3, 0.4) is 0 Å². The summed E-state index contributed by atoms with van der Waals surface area (Å²) in [7, 11) is 0. The summed E-state index contributed by atoms with van der Waals surface area (Å²) in [5.41, 5.74) is -1.26. The van der Waals surface area contributed by atoms with Gasteiger partial charge in [-0.2, -0.15) is 4.98 Å². The molecule has 0 amide bonds. The molecule has 0 bridgehead atoms. The number of nitrogens with zero attached hydrogens (tertiary/aromatic N) is 3. The second-order valence-electron chi connectivity index (χ2n) is 2.37. The van der Waals surface area contributed by atoms with Gasteiger partial charge in [-0.15, -0.1) is 0 Å². The Labute approximate surface area is 76.6 Å². The molecule has 0 aliphatic rings. The van der Waals surface area contributed by atoms with Gasteiger partial charge in [-0.1, -0.05) is 0 Å². The minimum Gasteiger partial charge on any atom is -0.480 e. The summed E-state index contributed by atoms with van der Waals surface area (Å²) in [6.07, 6.45) is 1.62. The molecule has 0 unspecified atom stereocenters. The highest BCUT2D eigenvalue weighted by Gasteiger charge is 2.10. The fourth-order valence-corrected chi connectivity index (χ4v) is 0.797. The SMILES string of the molecule is O=C(O)Cn1cc([N+](=O)[O-])cnc1=O. The lowest BCUT2D eigenvalue weighted by Gasteiger charge is -1.98. The van der Waals surface area contributed by atoms with Gasteiger partial charge >= 0.3 is 17.3 Å². The lowest BCUT2D eigenvalue weighted by atomic mass is 10.5. The van der Waals surface area contributed by atoms with Crippen LogP contribution >= 0.6 is 0 Å². The Kier molecular flexibility index (Phi) is 2.56. The van der Waals surface area contributed by atoms with Crippen LogP contribution in [0.4, 0.5) is 5.69 Å². The fraction of sp³-hybridized carbons (Fsp3) is 0.167. The first-order chi connectivity index (χ1) is 6.50. The van der Waals surface area contributed by atoms with Gasteiger partial charge in [0, 0.05) is 0 Å². The van der Waals surface area contributed by atoms with E-state index in [1.165, 1.54) is 0 Å². The number of hydrogen-bond acceptors (Lipinski definition) is 5. The van der Waals surface area contributed by atoms with Crippen LogP contribution in [0.1, 0.15) is 0 Å². The zero-order valence-corrected chi connectivity index (χ0v) is 6.78. The third-order valence-corrected chi connectivity index (χ3v) is 1.36. The van der Waals surface area contributed by atoms with E-state index in [9.17, 15) is 19.7 Å². The van der Waals surface area contributed by atoms with E-state index in [4.69, 9.17) is 5.11 Å². The van der Waals surface area contributed by atoms with E-state index in [-0.39, 0.29) is 0 Å².